The van der Waals surface area contributed by atoms with Gasteiger partial charge in [0.05, 0.1) is 5.56 Å². The molecule has 0 unspecified atom stereocenters. The molecule has 0 radical (unpaired) electrons. The number of carboxylic acids is 2. The molecule has 4 N–H and O–H groups in total. The van der Waals surface area contributed by atoms with Crippen LogP contribution in [0.25, 0.3) is 5.69 Å². The summed E-state index contributed by atoms with van der Waals surface area (Å²) in [4.78, 5) is 22.3. The predicted octanol–water partition coefficient (Wildman–Crippen LogP) is 2.30. The first kappa shape index (κ1) is 16.2. The van der Waals surface area contributed by atoms with Crippen molar-refractivity contribution in [2.24, 2.45) is 0 Å². The Hall–Kier alpha value is -3.17. The summed E-state index contributed by atoms with van der Waals surface area (Å²) in [5.41, 5.74) is -3.29. The van der Waals surface area contributed by atoms with Crippen LogP contribution in [0.4, 0.5) is 13.2 Å². The first-order valence-electron chi connectivity index (χ1n) is 5.86. The van der Waals surface area contributed by atoms with E-state index in [1.54, 1.807) is 0 Å². The summed E-state index contributed by atoms with van der Waals surface area (Å²) in [7, 11) is 0. The molecular formula is C13H8F3NO6. The molecule has 0 bridgehead atoms. The van der Waals surface area contributed by atoms with Crippen molar-refractivity contribution < 1.29 is 43.2 Å². The van der Waals surface area contributed by atoms with E-state index in [1.165, 1.54) is 0 Å². The van der Waals surface area contributed by atoms with Crippen LogP contribution in [0.2, 0.25) is 0 Å². The van der Waals surface area contributed by atoms with Gasteiger partial charge in [-0.2, -0.15) is 13.2 Å². The molecule has 0 aliphatic carbocycles. The van der Waals surface area contributed by atoms with Crippen LogP contribution < -0.4 is 0 Å². The molecule has 0 aliphatic rings. The Morgan fingerprint density at radius 3 is 1.57 bits per heavy atom. The largest absolute Gasteiger partial charge is 0.503 e. The van der Waals surface area contributed by atoms with E-state index in [2.05, 4.69) is 0 Å². The van der Waals surface area contributed by atoms with Crippen LogP contribution in [0.15, 0.2) is 24.3 Å². The first-order valence-corrected chi connectivity index (χ1v) is 5.86. The van der Waals surface area contributed by atoms with Crippen LogP contribution in [0, 0.1) is 0 Å². The van der Waals surface area contributed by atoms with Gasteiger partial charge in [-0.15, -0.1) is 0 Å². The van der Waals surface area contributed by atoms with E-state index in [0.717, 1.165) is 12.1 Å². The molecule has 1 aromatic heterocycles. The van der Waals surface area contributed by atoms with Crippen molar-refractivity contribution >= 4 is 11.9 Å². The highest BCUT2D eigenvalue weighted by atomic mass is 19.4. The van der Waals surface area contributed by atoms with E-state index in [-0.39, 0.29) is 5.69 Å². The summed E-state index contributed by atoms with van der Waals surface area (Å²) < 4.78 is 38.0. The second kappa shape index (κ2) is 5.23. The van der Waals surface area contributed by atoms with Gasteiger partial charge in [-0.25, -0.2) is 9.59 Å². The molecule has 1 heterocycles. The van der Waals surface area contributed by atoms with Gasteiger partial charge in [-0.1, -0.05) is 0 Å². The number of halogens is 3. The second-order valence-electron chi connectivity index (χ2n) is 4.38. The van der Waals surface area contributed by atoms with Crippen molar-refractivity contribution in [3.8, 4) is 17.2 Å². The average molecular weight is 331 g/mol. The number of aromatic carboxylic acids is 2. The van der Waals surface area contributed by atoms with E-state index < -0.39 is 46.6 Å². The van der Waals surface area contributed by atoms with Gasteiger partial charge >= 0.3 is 18.1 Å². The zero-order valence-corrected chi connectivity index (χ0v) is 11.0. The summed E-state index contributed by atoms with van der Waals surface area (Å²) in [6, 6.07) is 2.86. The molecule has 0 aliphatic heterocycles. The number of carboxylic acid groups (broad SMARTS) is 2. The number of rotatable bonds is 3. The standard InChI is InChI=1S/C13H8F3NO6/c14-13(15,16)5-1-3-6(4-2-5)17-7(11(20)21)9(18)10(19)8(17)12(22)23/h1-4,18-19H,(H,20,21)(H,22,23). The minimum atomic E-state index is -4.63. The van der Waals surface area contributed by atoms with E-state index in [0.29, 0.717) is 16.7 Å². The van der Waals surface area contributed by atoms with Crippen LogP contribution in [0.3, 0.4) is 0 Å². The number of benzene rings is 1. The van der Waals surface area contributed by atoms with Gasteiger partial charge in [0.1, 0.15) is 0 Å². The first-order chi connectivity index (χ1) is 10.6. The summed E-state index contributed by atoms with van der Waals surface area (Å²) >= 11 is 0. The van der Waals surface area contributed by atoms with Gasteiger partial charge in [0.15, 0.2) is 22.9 Å². The highest BCUT2D eigenvalue weighted by Gasteiger charge is 2.33. The van der Waals surface area contributed by atoms with E-state index >= 15 is 0 Å². The zero-order chi connectivity index (χ0) is 17.5. The number of hydrogen-bond acceptors (Lipinski definition) is 4. The molecule has 0 fully saturated rings. The molecule has 23 heavy (non-hydrogen) atoms. The lowest BCUT2D eigenvalue weighted by molar-refractivity contribution is -0.137. The Kier molecular flexibility index (Phi) is 3.69. The van der Waals surface area contributed by atoms with Gasteiger partial charge in [0, 0.05) is 5.69 Å². The van der Waals surface area contributed by atoms with Crippen molar-refractivity contribution in [3.63, 3.8) is 0 Å². The molecule has 0 saturated carbocycles. The summed E-state index contributed by atoms with van der Waals surface area (Å²) in [5, 5.41) is 37.2. The molecule has 2 rings (SSSR count). The zero-order valence-electron chi connectivity index (χ0n) is 11.0. The summed E-state index contributed by atoms with van der Waals surface area (Å²) in [5.74, 6) is -5.94. The molecule has 10 heteroatoms. The highest BCUT2D eigenvalue weighted by Crippen LogP contribution is 2.38. The van der Waals surface area contributed by atoms with Crippen molar-refractivity contribution in [1.29, 1.82) is 0 Å². The predicted molar refractivity (Wildman–Crippen MR) is 68.0 cm³/mol. The van der Waals surface area contributed by atoms with Gasteiger partial charge in [0.25, 0.3) is 0 Å². The number of carbonyl (C=O) groups is 2. The molecular weight excluding hydrogens is 323 g/mol. The third kappa shape index (κ3) is 2.65. The fourth-order valence-electron chi connectivity index (χ4n) is 2.00. The number of alkyl halides is 3. The van der Waals surface area contributed by atoms with Gasteiger partial charge in [0.2, 0.25) is 0 Å². The van der Waals surface area contributed by atoms with Crippen LogP contribution >= 0.6 is 0 Å². The number of aromatic nitrogens is 1. The molecule has 2 aromatic rings. The van der Waals surface area contributed by atoms with Crippen molar-refractivity contribution in [2.75, 3.05) is 0 Å². The van der Waals surface area contributed by atoms with E-state index in [4.69, 9.17) is 10.2 Å². The Morgan fingerprint density at radius 1 is 0.870 bits per heavy atom. The molecule has 1 aromatic carbocycles. The van der Waals surface area contributed by atoms with Gasteiger partial charge in [-0.05, 0) is 24.3 Å². The van der Waals surface area contributed by atoms with Gasteiger partial charge < -0.3 is 20.4 Å². The Labute approximate surface area is 125 Å². The lowest BCUT2D eigenvalue weighted by Crippen LogP contribution is -2.13. The monoisotopic (exact) mass is 331 g/mol. The van der Waals surface area contributed by atoms with Gasteiger partial charge in [-0.3, -0.25) is 4.57 Å². The molecule has 0 atom stereocenters. The van der Waals surface area contributed by atoms with Crippen LogP contribution in [0.1, 0.15) is 26.5 Å². The second-order valence-corrected chi connectivity index (χ2v) is 4.38. The van der Waals surface area contributed by atoms with E-state index in [9.17, 15) is 33.0 Å². The third-order valence-corrected chi connectivity index (χ3v) is 2.98. The maximum atomic E-state index is 12.5. The lowest BCUT2D eigenvalue weighted by atomic mass is 10.2. The maximum Gasteiger partial charge on any atom is 0.416 e. The number of aromatic hydroxyl groups is 2. The fourth-order valence-corrected chi connectivity index (χ4v) is 2.00. The normalized spacial score (nSPS) is 11.4. The van der Waals surface area contributed by atoms with Crippen LogP contribution in [0.5, 0.6) is 11.5 Å². The quantitative estimate of drug-likeness (QED) is 0.685. The Balaban J connectivity index is 2.74. The third-order valence-electron chi connectivity index (χ3n) is 2.98. The average Bonchev–Trinajstić information content (AvgIpc) is 2.70. The minimum Gasteiger partial charge on any atom is -0.503 e. The van der Waals surface area contributed by atoms with Crippen molar-refractivity contribution in [3.05, 3.63) is 41.2 Å². The molecule has 0 spiro atoms. The van der Waals surface area contributed by atoms with Crippen LogP contribution in [-0.4, -0.2) is 36.9 Å². The van der Waals surface area contributed by atoms with Crippen molar-refractivity contribution in [2.45, 2.75) is 6.18 Å². The topological polar surface area (TPSA) is 120 Å². The Bertz CT molecular complexity index is 754. The fraction of sp³-hybridized carbons (Fsp3) is 0.0769. The SMILES string of the molecule is O=C(O)c1c(O)c(O)c(C(=O)O)n1-c1ccc(C(F)(F)F)cc1. The molecule has 7 nitrogen and oxygen atoms in total. The molecule has 0 saturated heterocycles. The molecule has 0 amide bonds. The smallest absolute Gasteiger partial charge is 0.416 e. The number of hydrogen-bond donors (Lipinski definition) is 4. The molecule has 122 valence electrons. The lowest BCUT2D eigenvalue weighted by Gasteiger charge is -2.11. The Morgan fingerprint density at radius 2 is 1.26 bits per heavy atom. The highest BCUT2D eigenvalue weighted by molar-refractivity contribution is 5.99. The van der Waals surface area contributed by atoms with E-state index in [1.807, 2.05) is 0 Å². The summed E-state index contributed by atoms with van der Waals surface area (Å²) in [6.07, 6.45) is -4.63. The van der Waals surface area contributed by atoms with Crippen molar-refractivity contribution in [1.82, 2.24) is 4.57 Å². The van der Waals surface area contributed by atoms with Crippen LogP contribution in [-0.2, 0) is 6.18 Å². The number of nitrogens with zero attached hydrogens (tertiary/aromatic N) is 1. The minimum absolute atomic E-state index is 0.289. The maximum absolute atomic E-state index is 12.5. The summed E-state index contributed by atoms with van der Waals surface area (Å²) in [6.45, 7) is 0.